The van der Waals surface area contributed by atoms with Crippen molar-refractivity contribution >= 4 is 5.69 Å². The Morgan fingerprint density at radius 1 is 1.33 bits per heavy atom. The van der Waals surface area contributed by atoms with Crippen molar-refractivity contribution in [2.45, 2.75) is 20.4 Å². The largest absolute Gasteiger partial charge is 0.380 e. The van der Waals surface area contributed by atoms with Gasteiger partial charge in [0.1, 0.15) is 5.82 Å². The highest BCUT2D eigenvalue weighted by Crippen LogP contribution is 2.19. The lowest BCUT2D eigenvalue weighted by molar-refractivity contribution is 0.154. The lowest BCUT2D eigenvalue weighted by atomic mass is 10.2. The number of nitrogens with one attached hydrogen (secondary N) is 1. The molecular weight excluding hydrogens is 231 g/mol. The Hall–Kier alpha value is -1.13. The molecule has 0 aliphatic carbocycles. The summed E-state index contributed by atoms with van der Waals surface area (Å²) in [5.74, 6) is -0.176. The minimum Gasteiger partial charge on any atom is -0.380 e. The molecule has 0 aliphatic heterocycles. The fraction of sp³-hybridized carbons (Fsp3) is 0.571. The van der Waals surface area contributed by atoms with E-state index in [1.165, 1.54) is 0 Å². The fourth-order valence-corrected chi connectivity index (χ4v) is 1.71. The van der Waals surface area contributed by atoms with Crippen molar-refractivity contribution in [2.75, 3.05) is 38.3 Å². The van der Waals surface area contributed by atoms with Crippen molar-refractivity contribution < 1.29 is 9.13 Å². The van der Waals surface area contributed by atoms with Gasteiger partial charge < -0.3 is 15.0 Å². The minimum absolute atomic E-state index is 0.176. The lowest BCUT2D eigenvalue weighted by Gasteiger charge is -2.20. The molecule has 0 radical (unpaired) electrons. The zero-order valence-corrected chi connectivity index (χ0v) is 11.5. The highest BCUT2D eigenvalue weighted by Gasteiger charge is 2.08. The first-order valence-corrected chi connectivity index (χ1v) is 6.47. The van der Waals surface area contributed by atoms with Crippen LogP contribution in [-0.4, -0.2) is 33.4 Å². The van der Waals surface area contributed by atoms with Gasteiger partial charge in [0, 0.05) is 26.7 Å². The first-order chi connectivity index (χ1) is 8.69. The number of hydrogen-bond acceptors (Lipinski definition) is 3. The van der Waals surface area contributed by atoms with Crippen LogP contribution in [0.4, 0.5) is 10.1 Å². The second-order valence-electron chi connectivity index (χ2n) is 4.18. The monoisotopic (exact) mass is 254 g/mol. The first kappa shape index (κ1) is 14.9. The van der Waals surface area contributed by atoms with Gasteiger partial charge in [-0.3, -0.25) is 0 Å². The van der Waals surface area contributed by atoms with E-state index >= 15 is 0 Å². The van der Waals surface area contributed by atoms with E-state index in [9.17, 15) is 4.39 Å². The highest BCUT2D eigenvalue weighted by molar-refractivity contribution is 5.48. The molecule has 0 saturated carbocycles. The van der Waals surface area contributed by atoms with Crippen molar-refractivity contribution in [3.63, 3.8) is 0 Å². The van der Waals surface area contributed by atoms with E-state index in [1.807, 2.05) is 37.9 Å². The van der Waals surface area contributed by atoms with Gasteiger partial charge in [0.15, 0.2) is 0 Å². The molecule has 0 heterocycles. The molecule has 0 amide bonds. The maximum Gasteiger partial charge on any atom is 0.146 e. The van der Waals surface area contributed by atoms with E-state index in [4.69, 9.17) is 4.74 Å². The SMILES string of the molecule is CCNCc1ccc(N(C)CCOCC)c(F)c1. The lowest BCUT2D eigenvalue weighted by Crippen LogP contribution is -2.23. The van der Waals surface area contributed by atoms with Crippen molar-refractivity contribution in [1.29, 1.82) is 0 Å². The highest BCUT2D eigenvalue weighted by atomic mass is 19.1. The van der Waals surface area contributed by atoms with Gasteiger partial charge in [-0.2, -0.15) is 0 Å². The molecule has 0 atom stereocenters. The van der Waals surface area contributed by atoms with Crippen molar-refractivity contribution in [3.05, 3.63) is 29.6 Å². The second-order valence-corrected chi connectivity index (χ2v) is 4.18. The quantitative estimate of drug-likeness (QED) is 0.721. The van der Waals surface area contributed by atoms with E-state index in [0.29, 0.717) is 32.0 Å². The maximum absolute atomic E-state index is 13.9. The number of rotatable bonds is 8. The third-order valence-corrected chi connectivity index (χ3v) is 2.78. The van der Waals surface area contributed by atoms with Crippen LogP contribution in [0, 0.1) is 5.82 Å². The molecule has 1 aromatic carbocycles. The Labute approximate surface area is 109 Å². The van der Waals surface area contributed by atoms with Crippen LogP contribution in [-0.2, 0) is 11.3 Å². The number of benzene rings is 1. The smallest absolute Gasteiger partial charge is 0.146 e. The minimum atomic E-state index is -0.176. The molecule has 1 aromatic rings. The molecule has 102 valence electrons. The molecule has 1 rings (SSSR count). The van der Waals surface area contributed by atoms with Gasteiger partial charge in [0.05, 0.1) is 12.3 Å². The normalized spacial score (nSPS) is 10.7. The summed E-state index contributed by atoms with van der Waals surface area (Å²) in [6, 6.07) is 5.38. The van der Waals surface area contributed by atoms with E-state index in [1.54, 1.807) is 6.07 Å². The van der Waals surface area contributed by atoms with Crippen LogP contribution in [0.25, 0.3) is 0 Å². The van der Waals surface area contributed by atoms with Gasteiger partial charge >= 0.3 is 0 Å². The van der Waals surface area contributed by atoms with E-state index < -0.39 is 0 Å². The maximum atomic E-state index is 13.9. The molecule has 1 N–H and O–H groups in total. The molecule has 0 bridgehead atoms. The molecule has 0 fully saturated rings. The Balaban J connectivity index is 2.60. The van der Waals surface area contributed by atoms with E-state index in [2.05, 4.69) is 5.32 Å². The summed E-state index contributed by atoms with van der Waals surface area (Å²) >= 11 is 0. The number of likely N-dealkylation sites (N-methyl/N-ethyl adjacent to an activating group) is 1. The van der Waals surface area contributed by atoms with Crippen LogP contribution < -0.4 is 10.2 Å². The summed E-state index contributed by atoms with van der Waals surface area (Å²) in [4.78, 5) is 1.88. The Morgan fingerprint density at radius 2 is 2.11 bits per heavy atom. The van der Waals surface area contributed by atoms with Crippen LogP contribution in [0.3, 0.4) is 0 Å². The average Bonchev–Trinajstić information content (AvgIpc) is 2.36. The van der Waals surface area contributed by atoms with E-state index in [0.717, 1.165) is 12.1 Å². The summed E-state index contributed by atoms with van der Waals surface area (Å²) in [5, 5.41) is 3.18. The van der Waals surface area contributed by atoms with Gasteiger partial charge in [-0.05, 0) is 31.2 Å². The molecule has 0 aliphatic rings. The number of ether oxygens (including phenoxy) is 1. The zero-order chi connectivity index (χ0) is 13.4. The average molecular weight is 254 g/mol. The summed E-state index contributed by atoms with van der Waals surface area (Å²) in [5.41, 5.74) is 1.59. The Bertz CT molecular complexity index is 358. The van der Waals surface area contributed by atoms with Gasteiger partial charge in [-0.1, -0.05) is 13.0 Å². The Morgan fingerprint density at radius 3 is 2.72 bits per heavy atom. The van der Waals surface area contributed by atoms with Gasteiger partial charge in [0.2, 0.25) is 0 Å². The molecule has 0 aromatic heterocycles. The van der Waals surface area contributed by atoms with Gasteiger partial charge in [-0.25, -0.2) is 4.39 Å². The van der Waals surface area contributed by atoms with Crippen LogP contribution in [0.5, 0.6) is 0 Å². The summed E-state index contributed by atoms with van der Waals surface area (Å²) in [6.07, 6.45) is 0. The fourth-order valence-electron chi connectivity index (χ4n) is 1.71. The van der Waals surface area contributed by atoms with Crippen molar-refractivity contribution in [3.8, 4) is 0 Å². The van der Waals surface area contributed by atoms with Gasteiger partial charge in [0.25, 0.3) is 0 Å². The molecule has 3 nitrogen and oxygen atoms in total. The summed E-state index contributed by atoms with van der Waals surface area (Å²) < 4.78 is 19.2. The first-order valence-electron chi connectivity index (χ1n) is 6.47. The predicted octanol–water partition coefficient (Wildman–Crippen LogP) is 2.41. The molecule has 0 unspecified atom stereocenters. The third-order valence-electron chi connectivity index (χ3n) is 2.78. The van der Waals surface area contributed by atoms with Crippen LogP contribution >= 0.6 is 0 Å². The standard InChI is InChI=1S/C14H23FN2O/c1-4-16-11-12-6-7-14(13(15)10-12)17(3)8-9-18-5-2/h6-7,10,16H,4-5,8-9,11H2,1-3H3. The van der Waals surface area contributed by atoms with Crippen molar-refractivity contribution in [1.82, 2.24) is 5.32 Å². The predicted molar refractivity (Wildman–Crippen MR) is 73.5 cm³/mol. The van der Waals surface area contributed by atoms with Crippen LogP contribution in [0.2, 0.25) is 0 Å². The molecule has 0 spiro atoms. The summed E-state index contributed by atoms with van der Waals surface area (Å²) in [7, 11) is 1.88. The number of halogens is 1. The number of anilines is 1. The molecule has 4 heteroatoms. The van der Waals surface area contributed by atoms with Crippen LogP contribution in [0.1, 0.15) is 19.4 Å². The topological polar surface area (TPSA) is 24.5 Å². The van der Waals surface area contributed by atoms with E-state index in [-0.39, 0.29) is 5.82 Å². The second kappa shape index (κ2) is 8.06. The summed E-state index contributed by atoms with van der Waals surface area (Å²) in [6.45, 7) is 7.58. The third kappa shape index (κ3) is 4.63. The number of hydrogen-bond donors (Lipinski definition) is 1. The number of nitrogens with zero attached hydrogens (tertiary/aromatic N) is 1. The molecule has 0 saturated heterocycles. The van der Waals surface area contributed by atoms with Crippen LogP contribution in [0.15, 0.2) is 18.2 Å². The zero-order valence-electron chi connectivity index (χ0n) is 11.5. The molecular formula is C14H23FN2O. The van der Waals surface area contributed by atoms with Gasteiger partial charge in [-0.15, -0.1) is 0 Å². The molecule has 18 heavy (non-hydrogen) atoms. The van der Waals surface area contributed by atoms with Crippen molar-refractivity contribution in [2.24, 2.45) is 0 Å². The Kier molecular flexibility index (Phi) is 6.68.